The van der Waals surface area contributed by atoms with Crippen molar-refractivity contribution in [3.63, 3.8) is 0 Å². The summed E-state index contributed by atoms with van der Waals surface area (Å²) in [6.45, 7) is 0.839. The summed E-state index contributed by atoms with van der Waals surface area (Å²) in [7, 11) is 0. The molecule has 0 radical (unpaired) electrons. The fraction of sp³-hybridized carbons (Fsp3) is 0.500. The van der Waals surface area contributed by atoms with Crippen LogP contribution in [0.3, 0.4) is 0 Å². The molecule has 1 fully saturated rings. The number of aromatic nitrogens is 2. The van der Waals surface area contributed by atoms with Crippen LogP contribution >= 0.6 is 0 Å². The Morgan fingerprint density at radius 1 is 1.33 bits per heavy atom. The molecule has 1 heterocycles. The van der Waals surface area contributed by atoms with E-state index in [1.165, 1.54) is 5.56 Å². The van der Waals surface area contributed by atoms with Crippen LogP contribution in [0.2, 0.25) is 0 Å². The number of hydrogen-bond acceptors (Lipinski definition) is 6. The highest BCUT2D eigenvalue weighted by Crippen LogP contribution is 2.34. The lowest BCUT2D eigenvalue weighted by Gasteiger charge is -2.28. The molecule has 0 spiro atoms. The first-order chi connectivity index (χ1) is 10.3. The van der Waals surface area contributed by atoms with Crippen molar-refractivity contribution in [2.24, 2.45) is 11.8 Å². The van der Waals surface area contributed by atoms with Gasteiger partial charge in [-0.15, -0.1) is 0 Å². The monoisotopic (exact) mass is 291 g/mol. The van der Waals surface area contributed by atoms with E-state index in [0.717, 1.165) is 32.2 Å². The molecule has 4 N–H and O–H groups in total. The topological polar surface area (TPSA) is 102 Å². The van der Waals surface area contributed by atoms with Crippen LogP contribution < -0.4 is 16.5 Å². The molecule has 1 saturated carbocycles. The number of rotatable bonds is 7. The summed E-state index contributed by atoms with van der Waals surface area (Å²) in [5.41, 5.74) is 1.23. The van der Waals surface area contributed by atoms with Crippen molar-refractivity contribution in [2.75, 3.05) is 6.54 Å². The number of nitrogens with zero attached hydrogens (tertiary/aromatic N) is 2. The average Bonchev–Trinajstić information content (AvgIpc) is 2.55. The summed E-state index contributed by atoms with van der Waals surface area (Å²) in [6.07, 6.45) is 12.1. The lowest BCUT2D eigenvalue weighted by Crippen LogP contribution is -2.25. The zero-order valence-corrected chi connectivity index (χ0v) is 11.9. The Hall–Kier alpha value is -2.15. The summed E-state index contributed by atoms with van der Waals surface area (Å²) >= 11 is 0. The van der Waals surface area contributed by atoms with Gasteiger partial charge in [-0.1, -0.05) is 0 Å². The maximum atomic E-state index is 10.3. The first-order valence-electron chi connectivity index (χ1n) is 7.09. The van der Waals surface area contributed by atoms with Gasteiger partial charge in [0.1, 0.15) is 6.33 Å². The number of nitrogens with one attached hydrogen (secondary N) is 2. The second-order valence-corrected chi connectivity index (χ2v) is 5.19. The summed E-state index contributed by atoms with van der Waals surface area (Å²) in [4.78, 5) is 22.9. The third kappa shape index (κ3) is 4.71. The van der Waals surface area contributed by atoms with Crippen LogP contribution in [0.4, 0.5) is 0 Å². The molecule has 1 amide bonds. The number of amides is 1. The molecule has 0 aliphatic heterocycles. The molecule has 1 aromatic rings. The van der Waals surface area contributed by atoms with E-state index in [9.17, 15) is 4.79 Å². The normalized spacial score (nSPS) is 22.4. The summed E-state index contributed by atoms with van der Waals surface area (Å²) in [5, 5.41) is 5.49. The van der Waals surface area contributed by atoms with E-state index in [4.69, 9.17) is 5.90 Å². The lowest BCUT2D eigenvalue weighted by molar-refractivity contribution is -0.109. The summed E-state index contributed by atoms with van der Waals surface area (Å²) < 4.78 is 0. The zero-order valence-electron chi connectivity index (χ0n) is 11.9. The molecule has 1 aliphatic carbocycles. The first kappa shape index (κ1) is 15.2. The second-order valence-electron chi connectivity index (χ2n) is 5.19. The van der Waals surface area contributed by atoms with Crippen molar-refractivity contribution in [3.8, 4) is 0 Å². The van der Waals surface area contributed by atoms with Crippen molar-refractivity contribution in [1.82, 2.24) is 20.6 Å². The van der Waals surface area contributed by atoms with Crippen molar-refractivity contribution < 1.29 is 9.63 Å². The van der Waals surface area contributed by atoms with Gasteiger partial charge in [0.15, 0.2) is 0 Å². The Labute approximate surface area is 123 Å². The van der Waals surface area contributed by atoms with Crippen molar-refractivity contribution in [1.29, 1.82) is 0 Å². The largest absolute Gasteiger partial charge is 0.392 e. The molecule has 1 aliphatic rings. The van der Waals surface area contributed by atoms with Crippen LogP contribution in [0, 0.1) is 5.92 Å². The smallest absolute Gasteiger partial charge is 0.233 e. The lowest BCUT2D eigenvalue weighted by atomic mass is 9.79. The highest BCUT2D eigenvalue weighted by molar-refractivity contribution is 5.48. The van der Waals surface area contributed by atoms with Gasteiger partial charge in [-0.25, -0.2) is 9.97 Å². The Balaban J connectivity index is 1.73. The fourth-order valence-electron chi connectivity index (χ4n) is 2.71. The van der Waals surface area contributed by atoms with Crippen molar-refractivity contribution >= 4 is 6.41 Å². The van der Waals surface area contributed by atoms with Gasteiger partial charge in [0.05, 0.1) is 6.20 Å². The van der Waals surface area contributed by atoms with Crippen LogP contribution in [0.25, 0.3) is 0 Å². The maximum absolute atomic E-state index is 10.3. The first-order valence-corrected chi connectivity index (χ1v) is 7.09. The number of carbonyl (C=O) groups is 1. The maximum Gasteiger partial charge on any atom is 0.233 e. The van der Waals surface area contributed by atoms with Gasteiger partial charge in [0, 0.05) is 18.9 Å². The van der Waals surface area contributed by atoms with Crippen LogP contribution in [0.1, 0.15) is 37.2 Å². The SMILES string of the molecule is NO/C(=C\NCC1CCC(c2cncnc2)CC1)NC=O. The van der Waals surface area contributed by atoms with E-state index >= 15 is 0 Å². The van der Waals surface area contributed by atoms with Gasteiger partial charge in [-0.3, -0.25) is 10.1 Å². The molecule has 21 heavy (non-hydrogen) atoms. The molecule has 7 nitrogen and oxygen atoms in total. The van der Waals surface area contributed by atoms with Crippen LogP contribution in [-0.2, 0) is 9.63 Å². The van der Waals surface area contributed by atoms with E-state index in [-0.39, 0.29) is 5.88 Å². The molecule has 7 heteroatoms. The molecular formula is C14H21N5O2. The van der Waals surface area contributed by atoms with E-state index < -0.39 is 0 Å². The minimum absolute atomic E-state index is 0.208. The minimum atomic E-state index is 0.208. The molecule has 0 atom stereocenters. The van der Waals surface area contributed by atoms with E-state index in [1.807, 2.05) is 12.4 Å². The molecule has 0 unspecified atom stereocenters. The molecule has 1 aromatic heterocycles. The molecule has 0 bridgehead atoms. The number of nitrogens with two attached hydrogens (primary N) is 1. The van der Waals surface area contributed by atoms with Gasteiger partial charge in [0.2, 0.25) is 12.3 Å². The quantitative estimate of drug-likeness (QED) is 0.390. The van der Waals surface area contributed by atoms with Crippen LogP contribution in [0.15, 0.2) is 30.8 Å². The highest BCUT2D eigenvalue weighted by atomic mass is 16.6. The molecular weight excluding hydrogens is 270 g/mol. The third-order valence-corrected chi connectivity index (χ3v) is 3.87. The second kappa shape index (κ2) is 8.21. The van der Waals surface area contributed by atoms with Gasteiger partial charge in [0.25, 0.3) is 0 Å². The Kier molecular flexibility index (Phi) is 5.96. The van der Waals surface area contributed by atoms with Crippen molar-refractivity contribution in [2.45, 2.75) is 31.6 Å². The average molecular weight is 291 g/mol. The minimum Gasteiger partial charge on any atom is -0.392 e. The molecule has 0 aromatic carbocycles. The Bertz CT molecular complexity index is 458. The van der Waals surface area contributed by atoms with Gasteiger partial charge in [-0.2, -0.15) is 5.90 Å². The van der Waals surface area contributed by atoms with Crippen LogP contribution in [0.5, 0.6) is 0 Å². The summed E-state index contributed by atoms with van der Waals surface area (Å²) in [6, 6.07) is 0. The predicted octanol–water partition coefficient (Wildman–Crippen LogP) is 0.775. The van der Waals surface area contributed by atoms with E-state index in [2.05, 4.69) is 25.4 Å². The van der Waals surface area contributed by atoms with E-state index in [1.54, 1.807) is 12.5 Å². The molecule has 2 rings (SSSR count). The summed E-state index contributed by atoms with van der Waals surface area (Å²) in [5.74, 6) is 6.40. The number of carbonyl (C=O) groups excluding carboxylic acids is 1. The third-order valence-electron chi connectivity index (χ3n) is 3.87. The Morgan fingerprint density at radius 3 is 2.67 bits per heavy atom. The highest BCUT2D eigenvalue weighted by Gasteiger charge is 2.22. The zero-order chi connectivity index (χ0) is 14.9. The predicted molar refractivity (Wildman–Crippen MR) is 77.3 cm³/mol. The standard InChI is InChI=1S/C14H21N5O2/c15-21-14(19-10-20)8-16-5-11-1-3-12(4-2-11)13-6-17-9-18-7-13/h6-12,16H,1-5,15H2,(H,19,20)/b14-8-. The van der Waals surface area contributed by atoms with E-state index in [0.29, 0.717) is 18.2 Å². The van der Waals surface area contributed by atoms with Gasteiger partial charge >= 0.3 is 0 Å². The number of hydrogen-bond donors (Lipinski definition) is 3. The Morgan fingerprint density at radius 2 is 2.05 bits per heavy atom. The van der Waals surface area contributed by atoms with Gasteiger partial charge in [-0.05, 0) is 43.1 Å². The van der Waals surface area contributed by atoms with Gasteiger partial charge < -0.3 is 10.2 Å². The molecule has 114 valence electrons. The van der Waals surface area contributed by atoms with Crippen molar-refractivity contribution in [3.05, 3.63) is 36.4 Å². The molecule has 0 saturated heterocycles. The van der Waals surface area contributed by atoms with Crippen LogP contribution in [-0.4, -0.2) is 22.9 Å². The fourth-order valence-corrected chi connectivity index (χ4v) is 2.71.